The fraction of sp³-hybridized carbons (Fsp3) is 0.833. The minimum atomic E-state index is -0.650. The van der Waals surface area contributed by atoms with Gasteiger partial charge in [-0.3, -0.25) is 9.59 Å². The van der Waals surface area contributed by atoms with Crippen LogP contribution in [0.25, 0.3) is 0 Å². The molecule has 0 saturated carbocycles. The molecule has 2 amide bonds. The molecule has 0 bridgehead atoms. The first kappa shape index (κ1) is 13.0. The fourth-order valence-corrected chi connectivity index (χ4v) is 2.17. The van der Waals surface area contributed by atoms with Crippen molar-refractivity contribution in [2.24, 2.45) is 0 Å². The smallest absolute Gasteiger partial charge is 0.248 e. The van der Waals surface area contributed by atoms with Crippen molar-refractivity contribution in [2.45, 2.75) is 52.0 Å². The number of amides is 2. The molecular weight excluding hydrogens is 204 g/mol. The van der Waals surface area contributed by atoms with Gasteiger partial charge in [0.05, 0.1) is 6.54 Å². The number of piperazine rings is 1. The van der Waals surface area contributed by atoms with Crippen molar-refractivity contribution < 1.29 is 9.59 Å². The summed E-state index contributed by atoms with van der Waals surface area (Å²) in [6.07, 6.45) is 3.33. The number of hydrogen-bond donors (Lipinski definition) is 1. The molecule has 16 heavy (non-hydrogen) atoms. The summed E-state index contributed by atoms with van der Waals surface area (Å²) in [4.78, 5) is 25.6. The van der Waals surface area contributed by atoms with E-state index in [0.29, 0.717) is 19.4 Å². The Morgan fingerprint density at radius 2 is 1.88 bits per heavy atom. The number of hydrogen-bond acceptors (Lipinski definition) is 2. The second-order valence-corrected chi connectivity index (χ2v) is 4.42. The van der Waals surface area contributed by atoms with Crippen molar-refractivity contribution in [3.8, 4) is 0 Å². The van der Waals surface area contributed by atoms with Gasteiger partial charge in [-0.1, -0.05) is 27.2 Å². The summed E-state index contributed by atoms with van der Waals surface area (Å²) < 4.78 is 0. The Hall–Kier alpha value is -1.06. The van der Waals surface area contributed by atoms with Crippen LogP contribution in [0.15, 0.2) is 0 Å². The third-order valence-electron chi connectivity index (χ3n) is 3.40. The molecule has 4 heteroatoms. The van der Waals surface area contributed by atoms with Crippen LogP contribution in [-0.2, 0) is 9.59 Å². The molecule has 0 aromatic rings. The van der Waals surface area contributed by atoms with Gasteiger partial charge in [-0.25, -0.2) is 0 Å². The fourth-order valence-electron chi connectivity index (χ4n) is 2.17. The Balaban J connectivity index is 2.80. The van der Waals surface area contributed by atoms with Gasteiger partial charge in [-0.15, -0.1) is 0 Å². The second-order valence-electron chi connectivity index (χ2n) is 4.42. The third kappa shape index (κ3) is 2.36. The predicted octanol–water partition coefficient (Wildman–Crippen LogP) is 1.30. The molecule has 1 heterocycles. The predicted molar refractivity (Wildman–Crippen MR) is 62.9 cm³/mol. The van der Waals surface area contributed by atoms with Crippen LogP contribution in [0.2, 0.25) is 0 Å². The van der Waals surface area contributed by atoms with Crippen LogP contribution in [0, 0.1) is 0 Å². The molecule has 1 aliphatic rings. The zero-order valence-corrected chi connectivity index (χ0v) is 10.5. The highest BCUT2D eigenvalue weighted by molar-refractivity contribution is 5.97. The monoisotopic (exact) mass is 226 g/mol. The first-order valence-corrected chi connectivity index (χ1v) is 6.20. The van der Waals surface area contributed by atoms with Gasteiger partial charge in [0.15, 0.2) is 0 Å². The Labute approximate surface area is 97.4 Å². The maximum Gasteiger partial charge on any atom is 0.248 e. The van der Waals surface area contributed by atoms with Gasteiger partial charge in [-0.2, -0.15) is 0 Å². The van der Waals surface area contributed by atoms with E-state index >= 15 is 0 Å². The van der Waals surface area contributed by atoms with Crippen LogP contribution in [0.3, 0.4) is 0 Å². The highest BCUT2D eigenvalue weighted by Crippen LogP contribution is 2.22. The van der Waals surface area contributed by atoms with Crippen molar-refractivity contribution >= 4 is 11.8 Å². The molecule has 1 rings (SSSR count). The molecular formula is C12H22N2O2. The molecule has 4 nitrogen and oxygen atoms in total. The van der Waals surface area contributed by atoms with Gasteiger partial charge < -0.3 is 10.2 Å². The summed E-state index contributed by atoms with van der Waals surface area (Å²) >= 11 is 0. The Morgan fingerprint density at radius 3 is 2.38 bits per heavy atom. The number of carbonyl (C=O) groups is 2. The van der Waals surface area contributed by atoms with E-state index in [0.717, 1.165) is 12.8 Å². The molecule has 0 radical (unpaired) electrons. The minimum Gasteiger partial charge on any atom is -0.340 e. The molecule has 0 atom stereocenters. The molecule has 0 aliphatic carbocycles. The molecule has 1 aliphatic heterocycles. The molecule has 0 unspecified atom stereocenters. The zero-order chi connectivity index (χ0) is 12.2. The average molecular weight is 226 g/mol. The number of nitrogens with one attached hydrogen (secondary N) is 1. The van der Waals surface area contributed by atoms with E-state index in [-0.39, 0.29) is 18.4 Å². The lowest BCUT2D eigenvalue weighted by Crippen LogP contribution is -2.66. The van der Waals surface area contributed by atoms with Crippen molar-refractivity contribution in [1.29, 1.82) is 0 Å². The zero-order valence-electron chi connectivity index (χ0n) is 10.5. The van der Waals surface area contributed by atoms with Gasteiger partial charge in [0.1, 0.15) is 5.54 Å². The van der Waals surface area contributed by atoms with Crippen LogP contribution in [0.5, 0.6) is 0 Å². The van der Waals surface area contributed by atoms with E-state index in [9.17, 15) is 9.59 Å². The van der Waals surface area contributed by atoms with Crippen LogP contribution in [-0.4, -0.2) is 35.3 Å². The standard InChI is InChI=1S/C12H22N2O2/c1-4-7-8-14-9-10(15)13-12(5-2,6-3)11(14)16/h4-9H2,1-3H3,(H,13,15). The summed E-state index contributed by atoms with van der Waals surface area (Å²) in [6, 6.07) is 0. The van der Waals surface area contributed by atoms with E-state index in [1.807, 2.05) is 13.8 Å². The van der Waals surface area contributed by atoms with Crippen molar-refractivity contribution in [1.82, 2.24) is 10.2 Å². The third-order valence-corrected chi connectivity index (χ3v) is 3.40. The Morgan fingerprint density at radius 1 is 1.25 bits per heavy atom. The Bertz CT molecular complexity index is 272. The summed E-state index contributed by atoms with van der Waals surface area (Å²) in [5, 5.41) is 2.86. The largest absolute Gasteiger partial charge is 0.340 e. The first-order chi connectivity index (χ1) is 7.59. The number of nitrogens with zero attached hydrogens (tertiary/aromatic N) is 1. The van der Waals surface area contributed by atoms with Crippen LogP contribution in [0.4, 0.5) is 0 Å². The SMILES string of the molecule is CCCCN1CC(=O)NC(CC)(CC)C1=O. The van der Waals surface area contributed by atoms with E-state index in [1.54, 1.807) is 4.90 Å². The van der Waals surface area contributed by atoms with Crippen LogP contribution < -0.4 is 5.32 Å². The second kappa shape index (κ2) is 5.32. The maximum atomic E-state index is 12.3. The highest BCUT2D eigenvalue weighted by atomic mass is 16.2. The van der Waals surface area contributed by atoms with Gasteiger partial charge in [0.2, 0.25) is 11.8 Å². The normalized spacial score (nSPS) is 19.8. The first-order valence-electron chi connectivity index (χ1n) is 6.20. The number of unbranched alkanes of at least 4 members (excludes halogenated alkanes) is 1. The van der Waals surface area contributed by atoms with E-state index in [1.165, 1.54) is 0 Å². The Kier molecular flexibility index (Phi) is 4.33. The van der Waals surface area contributed by atoms with Crippen molar-refractivity contribution in [3.05, 3.63) is 0 Å². The number of carbonyl (C=O) groups excluding carboxylic acids is 2. The molecule has 1 N–H and O–H groups in total. The summed E-state index contributed by atoms with van der Waals surface area (Å²) in [5.41, 5.74) is -0.650. The highest BCUT2D eigenvalue weighted by Gasteiger charge is 2.43. The topological polar surface area (TPSA) is 49.4 Å². The molecule has 1 saturated heterocycles. The lowest BCUT2D eigenvalue weighted by Gasteiger charge is -2.41. The lowest BCUT2D eigenvalue weighted by molar-refractivity contribution is -0.150. The summed E-state index contributed by atoms with van der Waals surface area (Å²) in [5.74, 6) is 0.0601. The van der Waals surface area contributed by atoms with E-state index < -0.39 is 5.54 Å². The average Bonchev–Trinajstić information content (AvgIpc) is 2.30. The summed E-state index contributed by atoms with van der Waals surface area (Å²) in [7, 11) is 0. The maximum absolute atomic E-state index is 12.3. The number of rotatable bonds is 5. The van der Waals surface area contributed by atoms with Gasteiger partial charge in [0.25, 0.3) is 0 Å². The molecule has 0 spiro atoms. The summed E-state index contributed by atoms with van der Waals surface area (Å²) in [6.45, 7) is 6.91. The van der Waals surface area contributed by atoms with Gasteiger partial charge in [0, 0.05) is 6.54 Å². The van der Waals surface area contributed by atoms with Crippen LogP contribution >= 0.6 is 0 Å². The van der Waals surface area contributed by atoms with Crippen LogP contribution in [0.1, 0.15) is 46.5 Å². The lowest BCUT2D eigenvalue weighted by atomic mass is 9.89. The van der Waals surface area contributed by atoms with Crippen molar-refractivity contribution in [2.75, 3.05) is 13.1 Å². The molecule has 1 fully saturated rings. The van der Waals surface area contributed by atoms with Crippen molar-refractivity contribution in [3.63, 3.8) is 0 Å². The van der Waals surface area contributed by atoms with E-state index in [4.69, 9.17) is 0 Å². The quantitative estimate of drug-likeness (QED) is 0.768. The van der Waals surface area contributed by atoms with Gasteiger partial charge in [-0.05, 0) is 19.3 Å². The molecule has 0 aromatic carbocycles. The van der Waals surface area contributed by atoms with E-state index in [2.05, 4.69) is 12.2 Å². The minimum absolute atomic E-state index is 0.0283. The molecule has 0 aromatic heterocycles. The molecule has 92 valence electrons. The van der Waals surface area contributed by atoms with Gasteiger partial charge >= 0.3 is 0 Å².